The summed E-state index contributed by atoms with van der Waals surface area (Å²) in [5.41, 5.74) is 0.680. The highest BCUT2D eigenvalue weighted by atomic mass is 35.5. The van der Waals surface area contributed by atoms with E-state index in [1.165, 1.54) is 16.4 Å². The van der Waals surface area contributed by atoms with E-state index in [0.29, 0.717) is 30.0 Å². The molecule has 0 aromatic heterocycles. The normalized spacial score (nSPS) is 20.8. The van der Waals surface area contributed by atoms with Gasteiger partial charge in [-0.2, -0.15) is 4.31 Å². The molecule has 1 fully saturated rings. The second-order valence-electron chi connectivity index (χ2n) is 4.95. The topological polar surface area (TPSA) is 74.7 Å². The highest BCUT2D eigenvalue weighted by molar-refractivity contribution is 7.89. The Bertz CT molecular complexity index is 629. The van der Waals surface area contributed by atoms with Crippen molar-refractivity contribution < 1.29 is 18.3 Å². The summed E-state index contributed by atoms with van der Waals surface area (Å²) in [7, 11) is -3.66. The average molecular weight is 318 g/mol. The van der Waals surface area contributed by atoms with Gasteiger partial charge in [0.25, 0.3) is 0 Å². The molecule has 0 aliphatic carbocycles. The van der Waals surface area contributed by atoms with Gasteiger partial charge >= 0.3 is 5.97 Å². The molecule has 7 heteroatoms. The number of hydrogen-bond donors (Lipinski definition) is 1. The number of carbonyl (C=O) groups is 1. The van der Waals surface area contributed by atoms with E-state index < -0.39 is 21.9 Å². The van der Waals surface area contributed by atoms with Gasteiger partial charge in [-0.25, -0.2) is 8.42 Å². The van der Waals surface area contributed by atoms with Gasteiger partial charge in [0.2, 0.25) is 10.0 Å². The minimum absolute atomic E-state index is 0.0271. The summed E-state index contributed by atoms with van der Waals surface area (Å²) >= 11 is 5.90. The van der Waals surface area contributed by atoms with Crippen LogP contribution in [-0.4, -0.2) is 36.9 Å². The number of carboxylic acids is 1. The third kappa shape index (κ3) is 2.97. The molecule has 20 heavy (non-hydrogen) atoms. The van der Waals surface area contributed by atoms with Crippen molar-refractivity contribution in [2.24, 2.45) is 5.92 Å². The monoisotopic (exact) mass is 317 g/mol. The molecular formula is C13H16ClNO4S. The molecular weight excluding hydrogens is 302 g/mol. The minimum Gasteiger partial charge on any atom is -0.481 e. The summed E-state index contributed by atoms with van der Waals surface area (Å²) in [5, 5.41) is 9.54. The number of aryl methyl sites for hydroxylation is 1. The zero-order chi connectivity index (χ0) is 14.9. The lowest BCUT2D eigenvalue weighted by molar-refractivity contribution is -0.142. The summed E-state index contributed by atoms with van der Waals surface area (Å²) in [5.74, 6) is -1.58. The summed E-state index contributed by atoms with van der Waals surface area (Å²) < 4.78 is 26.3. The number of hydrogen-bond acceptors (Lipinski definition) is 3. The number of sulfonamides is 1. The van der Waals surface area contributed by atoms with Crippen LogP contribution in [0, 0.1) is 12.8 Å². The first kappa shape index (κ1) is 15.3. The van der Waals surface area contributed by atoms with Crippen LogP contribution in [0.1, 0.15) is 18.4 Å². The van der Waals surface area contributed by atoms with Crippen molar-refractivity contribution in [1.29, 1.82) is 0 Å². The molecule has 1 unspecified atom stereocenters. The van der Waals surface area contributed by atoms with Crippen LogP contribution in [0.2, 0.25) is 5.02 Å². The van der Waals surface area contributed by atoms with Crippen molar-refractivity contribution in [3.63, 3.8) is 0 Å². The van der Waals surface area contributed by atoms with Crippen LogP contribution in [0.5, 0.6) is 0 Å². The number of rotatable bonds is 3. The Morgan fingerprint density at radius 1 is 1.45 bits per heavy atom. The van der Waals surface area contributed by atoms with Crippen molar-refractivity contribution >= 4 is 27.6 Å². The average Bonchev–Trinajstić information content (AvgIpc) is 2.42. The zero-order valence-electron chi connectivity index (χ0n) is 11.0. The number of halogens is 1. The Morgan fingerprint density at radius 2 is 2.15 bits per heavy atom. The fraction of sp³-hybridized carbons (Fsp3) is 0.462. The summed E-state index contributed by atoms with van der Waals surface area (Å²) in [6, 6.07) is 4.51. The molecule has 0 bridgehead atoms. The summed E-state index contributed by atoms with van der Waals surface area (Å²) in [6.07, 6.45) is 1.07. The van der Waals surface area contributed by atoms with E-state index in [-0.39, 0.29) is 11.4 Å². The first-order chi connectivity index (χ1) is 9.32. The van der Waals surface area contributed by atoms with Crippen LogP contribution in [-0.2, 0) is 14.8 Å². The Morgan fingerprint density at radius 3 is 2.75 bits per heavy atom. The predicted octanol–water partition coefficient (Wildman–Crippen LogP) is 2.13. The van der Waals surface area contributed by atoms with Crippen molar-refractivity contribution in [3.8, 4) is 0 Å². The molecule has 1 saturated heterocycles. The Hall–Kier alpha value is -1.11. The molecule has 5 nitrogen and oxygen atoms in total. The van der Waals surface area contributed by atoms with E-state index in [1.54, 1.807) is 13.0 Å². The van der Waals surface area contributed by atoms with E-state index in [9.17, 15) is 13.2 Å². The lowest BCUT2D eigenvalue weighted by atomic mass is 10.0. The van der Waals surface area contributed by atoms with Crippen LogP contribution < -0.4 is 0 Å². The molecule has 1 aromatic carbocycles. The second-order valence-corrected chi connectivity index (χ2v) is 7.30. The van der Waals surface area contributed by atoms with Gasteiger partial charge in [-0.1, -0.05) is 11.6 Å². The van der Waals surface area contributed by atoms with Crippen molar-refractivity contribution in [1.82, 2.24) is 4.31 Å². The molecule has 110 valence electrons. The van der Waals surface area contributed by atoms with Crippen LogP contribution in [0.3, 0.4) is 0 Å². The molecule has 1 N–H and O–H groups in total. The molecule has 0 spiro atoms. The third-order valence-electron chi connectivity index (χ3n) is 3.50. The van der Waals surface area contributed by atoms with Crippen LogP contribution >= 0.6 is 11.6 Å². The number of carboxylic acid groups (broad SMARTS) is 1. The Labute approximate surface area is 123 Å². The van der Waals surface area contributed by atoms with Gasteiger partial charge in [0.1, 0.15) is 0 Å². The van der Waals surface area contributed by atoms with Crippen LogP contribution in [0.25, 0.3) is 0 Å². The standard InChI is InChI=1S/C13H16ClNO4S/c1-9-7-11(4-5-12(9)14)20(18,19)15-6-2-3-10(8-15)13(16)17/h4-5,7,10H,2-3,6,8H2,1H3,(H,16,17). The van der Waals surface area contributed by atoms with E-state index in [4.69, 9.17) is 16.7 Å². The van der Waals surface area contributed by atoms with Gasteiger partial charge in [0.15, 0.2) is 0 Å². The molecule has 1 heterocycles. The zero-order valence-corrected chi connectivity index (χ0v) is 12.6. The maximum Gasteiger partial charge on any atom is 0.307 e. The van der Waals surface area contributed by atoms with Crippen molar-refractivity contribution in [3.05, 3.63) is 28.8 Å². The molecule has 1 aliphatic heterocycles. The summed E-state index contributed by atoms with van der Waals surface area (Å²) in [6.45, 7) is 2.12. The molecule has 1 aromatic rings. The number of benzene rings is 1. The molecule has 0 radical (unpaired) electrons. The van der Waals surface area contributed by atoms with E-state index in [2.05, 4.69) is 0 Å². The number of aliphatic carboxylic acids is 1. The third-order valence-corrected chi connectivity index (χ3v) is 5.79. The molecule has 0 amide bonds. The van der Waals surface area contributed by atoms with Gasteiger partial charge < -0.3 is 5.11 Å². The van der Waals surface area contributed by atoms with Gasteiger partial charge in [0, 0.05) is 18.1 Å². The molecule has 1 aliphatic rings. The maximum atomic E-state index is 12.5. The Kier molecular flexibility index (Phi) is 4.36. The molecule has 0 saturated carbocycles. The smallest absolute Gasteiger partial charge is 0.307 e. The van der Waals surface area contributed by atoms with Crippen LogP contribution in [0.4, 0.5) is 0 Å². The fourth-order valence-corrected chi connectivity index (χ4v) is 4.02. The molecule has 2 rings (SSSR count). The van der Waals surface area contributed by atoms with Gasteiger partial charge in [-0.15, -0.1) is 0 Å². The van der Waals surface area contributed by atoms with Crippen LogP contribution in [0.15, 0.2) is 23.1 Å². The highest BCUT2D eigenvalue weighted by Gasteiger charge is 2.33. The van der Waals surface area contributed by atoms with E-state index >= 15 is 0 Å². The lowest BCUT2D eigenvalue weighted by Gasteiger charge is -2.29. The number of nitrogens with zero attached hydrogens (tertiary/aromatic N) is 1. The maximum absolute atomic E-state index is 12.5. The van der Waals surface area contributed by atoms with Gasteiger partial charge in [-0.05, 0) is 43.5 Å². The number of piperidine rings is 1. The Balaban J connectivity index is 2.29. The van der Waals surface area contributed by atoms with Crippen molar-refractivity contribution in [2.45, 2.75) is 24.7 Å². The van der Waals surface area contributed by atoms with E-state index in [0.717, 1.165) is 0 Å². The SMILES string of the molecule is Cc1cc(S(=O)(=O)N2CCCC(C(=O)O)C2)ccc1Cl. The predicted molar refractivity (Wildman–Crippen MR) is 75.3 cm³/mol. The largest absolute Gasteiger partial charge is 0.481 e. The first-order valence-electron chi connectivity index (χ1n) is 6.31. The second kappa shape index (κ2) is 5.71. The minimum atomic E-state index is -3.66. The quantitative estimate of drug-likeness (QED) is 0.926. The highest BCUT2D eigenvalue weighted by Crippen LogP contribution is 2.26. The van der Waals surface area contributed by atoms with Gasteiger partial charge in [0.05, 0.1) is 10.8 Å². The fourth-order valence-electron chi connectivity index (χ4n) is 2.29. The van der Waals surface area contributed by atoms with Gasteiger partial charge in [-0.3, -0.25) is 4.79 Å². The lowest BCUT2D eigenvalue weighted by Crippen LogP contribution is -2.42. The molecule has 1 atom stereocenters. The van der Waals surface area contributed by atoms with Crippen molar-refractivity contribution in [2.75, 3.05) is 13.1 Å². The first-order valence-corrected chi connectivity index (χ1v) is 8.13. The summed E-state index contributed by atoms with van der Waals surface area (Å²) in [4.78, 5) is 11.2. The van der Waals surface area contributed by atoms with E-state index in [1.807, 2.05) is 0 Å².